The van der Waals surface area contributed by atoms with Crippen LogP contribution in [0.5, 0.6) is 0 Å². The molecule has 12 nitrogen and oxygen atoms in total. The van der Waals surface area contributed by atoms with Crippen LogP contribution in [0.1, 0.15) is 15.7 Å². The van der Waals surface area contributed by atoms with E-state index >= 15 is 0 Å². The van der Waals surface area contributed by atoms with Crippen molar-refractivity contribution in [3.63, 3.8) is 0 Å². The van der Waals surface area contributed by atoms with Gasteiger partial charge >= 0.3 is 118 Å². The van der Waals surface area contributed by atoms with Gasteiger partial charge in [-0.2, -0.15) is 0 Å². The van der Waals surface area contributed by atoms with E-state index in [2.05, 4.69) is 10.6 Å². The first-order valence-electron chi connectivity index (χ1n) is 6.76. The second kappa shape index (κ2) is 17.0. The maximum Gasteiger partial charge on any atom is 1.00 e. The van der Waals surface area contributed by atoms with Gasteiger partial charge in [0.1, 0.15) is 18.4 Å². The van der Waals surface area contributed by atoms with Crippen molar-refractivity contribution in [1.29, 1.82) is 0 Å². The van der Waals surface area contributed by atoms with Crippen molar-refractivity contribution in [2.24, 2.45) is 0 Å². The fourth-order valence-corrected chi connectivity index (χ4v) is 3.02. The summed E-state index contributed by atoms with van der Waals surface area (Å²) in [6.45, 7) is -0.825. The van der Waals surface area contributed by atoms with E-state index < -0.39 is 39.2 Å². The van der Waals surface area contributed by atoms with Crippen LogP contribution in [0.4, 0.5) is 0 Å². The number of carbonyl (C=O) groups is 3. The molecule has 0 aromatic heterocycles. The molecule has 2 atom stereocenters. The average Bonchev–Trinajstić information content (AvgIpc) is 2.44. The Balaban J connectivity index is -0.000000441. The molecule has 1 amide bonds. The van der Waals surface area contributed by atoms with Crippen LogP contribution >= 0.6 is 15.2 Å². The molecule has 144 valence electrons. The third-order valence-corrected chi connectivity index (χ3v) is 4.97. The molecule has 0 bridgehead atoms. The van der Waals surface area contributed by atoms with Gasteiger partial charge < -0.3 is 42.6 Å². The predicted octanol–water partition coefficient (Wildman–Crippen LogP) is -8.30. The minimum Gasteiger partial charge on any atom is -1.00 e. The summed E-state index contributed by atoms with van der Waals surface area (Å²) in [7, 11) is -9.57. The largest absolute Gasteiger partial charge is 1.00 e. The second-order valence-corrected chi connectivity index (χ2v) is 8.16. The zero-order valence-corrected chi connectivity index (χ0v) is 22.6. The molecule has 0 spiro atoms. The molecule has 0 saturated carbocycles. The molecule has 0 heterocycles. The minimum absolute atomic E-state index is 0. The maximum absolute atomic E-state index is 11.9. The molecule has 0 rings (SSSR count). The number of aldehydes is 2. The van der Waals surface area contributed by atoms with E-state index in [4.69, 9.17) is 19.6 Å². The number of nitrogens with one attached hydrogen (secondary N) is 3. The van der Waals surface area contributed by atoms with Crippen LogP contribution < -0.4 is 119 Å². The fourth-order valence-electron chi connectivity index (χ4n) is 1.56. The smallest absolute Gasteiger partial charge is 1.00 e. The van der Waals surface area contributed by atoms with Crippen LogP contribution in [0.15, 0.2) is 0 Å². The second-order valence-electron chi connectivity index (χ2n) is 4.66. The molecule has 0 aliphatic rings. The summed E-state index contributed by atoms with van der Waals surface area (Å²) in [4.78, 5) is 68.9. The Morgan fingerprint density at radius 3 is 1.77 bits per heavy atom. The van der Waals surface area contributed by atoms with Gasteiger partial charge in [0, 0.05) is 32.5 Å². The van der Waals surface area contributed by atoms with E-state index in [1.165, 1.54) is 0 Å². The Morgan fingerprint density at radius 1 is 0.923 bits per heavy atom. The van der Waals surface area contributed by atoms with Gasteiger partial charge in [-0.25, -0.2) is 0 Å². The van der Waals surface area contributed by atoms with Crippen LogP contribution in [0.3, 0.4) is 0 Å². The van der Waals surface area contributed by atoms with Gasteiger partial charge in [0.2, 0.25) is 5.91 Å². The molecular weight excluding hydrogens is 446 g/mol. The molecule has 7 N–H and O–H groups in total. The number of amides is 1. The molecular formula is C10H23K2N3O9P2. The summed E-state index contributed by atoms with van der Waals surface area (Å²) in [5.41, 5.74) is 0. The Kier molecular flexibility index (Phi) is 21.6. The van der Waals surface area contributed by atoms with Crippen LogP contribution in [0.2, 0.25) is 0 Å². The van der Waals surface area contributed by atoms with Crippen molar-refractivity contribution in [1.82, 2.24) is 16.0 Å². The molecule has 16 heteroatoms. The fraction of sp³-hybridized carbons (Fsp3) is 0.700. The van der Waals surface area contributed by atoms with Gasteiger partial charge in [0.15, 0.2) is 5.78 Å². The van der Waals surface area contributed by atoms with Gasteiger partial charge in [-0.05, 0) is 0 Å². The number of hydrogen-bond donors (Lipinski definition) is 7. The van der Waals surface area contributed by atoms with Gasteiger partial charge in [-0.1, -0.05) is 0 Å². The number of hydrogen-bond acceptors (Lipinski definition) is 7. The Morgan fingerprint density at radius 2 is 1.38 bits per heavy atom. The molecule has 0 aliphatic heterocycles. The van der Waals surface area contributed by atoms with Crippen molar-refractivity contribution in [2.45, 2.75) is 24.4 Å². The summed E-state index contributed by atoms with van der Waals surface area (Å²) in [5.74, 6) is -4.65. The molecule has 0 aliphatic carbocycles. The average molecular weight is 469 g/mol. The molecule has 0 fully saturated rings. The summed E-state index contributed by atoms with van der Waals surface area (Å²) in [5, 5.41) is 6.61. The van der Waals surface area contributed by atoms with Gasteiger partial charge in [0.25, 0.3) is 0 Å². The Labute approximate surface area is 238 Å². The third-order valence-electron chi connectivity index (χ3n) is 2.70. The third kappa shape index (κ3) is 15.2. The van der Waals surface area contributed by atoms with E-state index in [0.29, 0.717) is 12.6 Å². The Bertz CT molecular complexity index is 538. The van der Waals surface area contributed by atoms with Gasteiger partial charge in [0.05, 0.1) is 0 Å². The summed E-state index contributed by atoms with van der Waals surface area (Å²) < 4.78 is 22.6. The van der Waals surface area contributed by atoms with Gasteiger partial charge in [-0.3, -0.25) is 19.2 Å². The van der Waals surface area contributed by atoms with Crippen LogP contribution in [-0.2, 0) is 23.5 Å². The summed E-state index contributed by atoms with van der Waals surface area (Å²) >= 11 is 0. The quantitative estimate of drug-likeness (QED) is 0.0584. The van der Waals surface area contributed by atoms with E-state index in [9.17, 15) is 23.5 Å². The minimum atomic E-state index is -4.90. The first kappa shape index (κ1) is 33.0. The van der Waals surface area contributed by atoms with Crippen molar-refractivity contribution in [3.8, 4) is 0 Å². The maximum atomic E-state index is 11.9. The monoisotopic (exact) mass is 469 g/mol. The first-order chi connectivity index (χ1) is 11.0. The molecule has 0 radical (unpaired) electrons. The van der Waals surface area contributed by atoms with Crippen molar-refractivity contribution in [2.75, 3.05) is 19.6 Å². The standard InChI is InChI=1S/C10H21N3O9P2.2K.2H/c14-5-1-3-11-8(23(17,18)19)7-13-9(16)10(24(20,21)22)12-4-2-6-15;;;;/h5-6,8,10-12H,1-4,7H2,(H,13,16)(H2,17,18,19)(H2,20,21,22);;;;/q;2*+1;2*-1. The van der Waals surface area contributed by atoms with Crippen LogP contribution in [0.25, 0.3) is 0 Å². The van der Waals surface area contributed by atoms with Crippen molar-refractivity contribution in [3.05, 3.63) is 0 Å². The molecule has 0 saturated heterocycles. The van der Waals surface area contributed by atoms with Crippen LogP contribution in [0, 0.1) is 0 Å². The Hall–Kier alpha value is 2.30. The van der Waals surface area contributed by atoms with Crippen LogP contribution in [-0.4, -0.2) is 69.3 Å². The molecule has 26 heavy (non-hydrogen) atoms. The van der Waals surface area contributed by atoms with E-state index in [0.717, 1.165) is 0 Å². The SMILES string of the molecule is O=CCCNC(CNC(=O)C(NCCC=O)P(=O)(O)O)P(=O)(O)O.[H-].[H-].[K+].[K+]. The number of carbonyl (C=O) groups excluding carboxylic acids is 3. The zero-order chi connectivity index (χ0) is 18.8. The van der Waals surface area contributed by atoms with E-state index in [-0.39, 0.29) is 132 Å². The summed E-state index contributed by atoms with van der Waals surface area (Å²) in [6.07, 6.45) is 0.927. The zero-order valence-electron chi connectivity index (χ0n) is 16.6. The number of rotatable bonds is 13. The topological polar surface area (TPSA) is 202 Å². The molecule has 0 aromatic rings. The normalized spacial score (nSPS) is 13.5. The van der Waals surface area contributed by atoms with E-state index in [1.807, 2.05) is 5.32 Å². The van der Waals surface area contributed by atoms with Crippen molar-refractivity contribution >= 4 is 33.7 Å². The molecule has 0 aromatic carbocycles. The van der Waals surface area contributed by atoms with Gasteiger partial charge in [-0.15, -0.1) is 0 Å². The molecule has 2 unspecified atom stereocenters. The summed E-state index contributed by atoms with van der Waals surface area (Å²) in [6, 6.07) is 0. The predicted molar refractivity (Wildman–Crippen MR) is 84.3 cm³/mol. The van der Waals surface area contributed by atoms with Crippen molar-refractivity contribution < 1.29 is 149 Å². The first-order valence-corrected chi connectivity index (χ1v) is 10.1. The van der Waals surface area contributed by atoms with E-state index in [1.54, 1.807) is 0 Å².